The Morgan fingerprint density at radius 1 is 1.15 bits per heavy atom. The Morgan fingerprint density at radius 3 is 2.50 bits per heavy atom. The number of anilines is 1. The van der Waals surface area contributed by atoms with Crippen molar-refractivity contribution in [3.63, 3.8) is 0 Å². The van der Waals surface area contributed by atoms with Gasteiger partial charge in [0.25, 0.3) is 11.6 Å². The summed E-state index contributed by atoms with van der Waals surface area (Å²) in [6.45, 7) is 0.0688. The third kappa shape index (κ3) is 4.36. The maximum Gasteiger partial charge on any atom is 0.286 e. The third-order valence-corrected chi connectivity index (χ3v) is 4.07. The lowest BCUT2D eigenvalue weighted by Crippen LogP contribution is -2.11. The van der Waals surface area contributed by atoms with Gasteiger partial charge in [-0.3, -0.25) is 14.9 Å². The Morgan fingerprint density at radius 2 is 1.85 bits per heavy atom. The monoisotopic (exact) mass is 374 g/mol. The van der Waals surface area contributed by atoms with Crippen LogP contribution in [0.1, 0.15) is 14.8 Å². The van der Waals surface area contributed by atoms with E-state index in [4.69, 9.17) is 4.74 Å². The molecule has 0 radical (unpaired) electrons. The molecule has 132 valence electrons. The van der Waals surface area contributed by atoms with Crippen molar-refractivity contribution in [2.24, 2.45) is 0 Å². The van der Waals surface area contributed by atoms with E-state index in [1.54, 1.807) is 0 Å². The summed E-state index contributed by atoms with van der Waals surface area (Å²) >= 11 is 1.05. The Labute approximate surface area is 150 Å². The van der Waals surface area contributed by atoms with Gasteiger partial charge in [-0.05, 0) is 36.4 Å². The highest BCUT2D eigenvalue weighted by Gasteiger charge is 2.14. The normalized spacial score (nSPS) is 10.3. The summed E-state index contributed by atoms with van der Waals surface area (Å²) in [6.07, 6.45) is 0. The van der Waals surface area contributed by atoms with Crippen molar-refractivity contribution in [3.05, 3.63) is 74.5 Å². The van der Waals surface area contributed by atoms with Gasteiger partial charge in [0.2, 0.25) is 5.01 Å². The van der Waals surface area contributed by atoms with E-state index in [0.717, 1.165) is 11.3 Å². The minimum atomic E-state index is -0.499. The molecule has 8 nitrogen and oxygen atoms in total. The fraction of sp³-hybridized carbons (Fsp3) is 0.0625. The Bertz CT molecular complexity index is 928. The number of nitrogens with zero attached hydrogens (tertiary/aromatic N) is 3. The first kappa shape index (κ1) is 17.4. The van der Waals surface area contributed by atoms with Gasteiger partial charge in [0.1, 0.15) is 18.2 Å². The maximum absolute atomic E-state index is 12.9. The molecule has 1 heterocycles. The van der Waals surface area contributed by atoms with Crippen LogP contribution in [0.5, 0.6) is 5.75 Å². The maximum atomic E-state index is 12.9. The molecule has 0 saturated carbocycles. The number of hydrogen-bond acceptors (Lipinski definition) is 7. The van der Waals surface area contributed by atoms with Crippen molar-refractivity contribution in [1.29, 1.82) is 0 Å². The molecule has 0 aliphatic rings. The number of nitro benzene ring substituents is 1. The second-order valence-corrected chi connectivity index (χ2v) is 6.06. The molecule has 0 saturated heterocycles. The van der Waals surface area contributed by atoms with Crippen LogP contribution < -0.4 is 10.1 Å². The fourth-order valence-corrected chi connectivity index (χ4v) is 2.58. The van der Waals surface area contributed by atoms with Crippen LogP contribution in [-0.4, -0.2) is 21.0 Å². The molecule has 0 aliphatic carbocycles. The average molecular weight is 374 g/mol. The Hall–Kier alpha value is -3.40. The molecule has 3 aromatic rings. The van der Waals surface area contributed by atoms with Crippen molar-refractivity contribution >= 4 is 28.6 Å². The van der Waals surface area contributed by atoms with Gasteiger partial charge in [-0.1, -0.05) is 11.3 Å². The fourth-order valence-electron chi connectivity index (χ4n) is 1.93. The zero-order valence-electron chi connectivity index (χ0n) is 13.1. The van der Waals surface area contributed by atoms with Crippen LogP contribution in [-0.2, 0) is 6.61 Å². The van der Waals surface area contributed by atoms with Gasteiger partial charge in [0.15, 0.2) is 5.01 Å². The minimum absolute atomic E-state index is 0.0342. The summed E-state index contributed by atoms with van der Waals surface area (Å²) in [6, 6.07) is 11.0. The predicted octanol–water partition coefficient (Wildman–Crippen LogP) is 3.42. The topological polar surface area (TPSA) is 107 Å². The first-order valence-electron chi connectivity index (χ1n) is 7.28. The zero-order valence-corrected chi connectivity index (χ0v) is 13.9. The summed E-state index contributed by atoms with van der Waals surface area (Å²) in [5.41, 5.74) is 0.406. The van der Waals surface area contributed by atoms with E-state index >= 15 is 0 Å². The number of carbonyl (C=O) groups excluding carboxylic acids is 1. The molecule has 0 aliphatic heterocycles. The first-order chi connectivity index (χ1) is 12.5. The van der Waals surface area contributed by atoms with E-state index in [9.17, 15) is 19.3 Å². The zero-order chi connectivity index (χ0) is 18.5. The average Bonchev–Trinajstić information content (AvgIpc) is 3.11. The number of nitrogens with one attached hydrogen (secondary N) is 1. The molecule has 3 rings (SSSR count). The molecule has 0 bridgehead atoms. The molecule has 0 unspecified atom stereocenters. The van der Waals surface area contributed by atoms with Crippen molar-refractivity contribution < 1.29 is 18.8 Å². The Kier molecular flexibility index (Phi) is 5.13. The number of ether oxygens (including phenoxy) is 1. The van der Waals surface area contributed by atoms with Crippen molar-refractivity contribution in [3.8, 4) is 5.75 Å². The number of nitro groups is 1. The predicted molar refractivity (Wildman–Crippen MR) is 91.7 cm³/mol. The molecule has 0 fully saturated rings. The lowest BCUT2D eigenvalue weighted by molar-refractivity contribution is -0.384. The van der Waals surface area contributed by atoms with Gasteiger partial charge in [0.05, 0.1) is 4.92 Å². The molecule has 1 N–H and O–H groups in total. The minimum Gasteiger partial charge on any atom is -0.486 e. The van der Waals surface area contributed by atoms with Crippen LogP contribution in [0.25, 0.3) is 0 Å². The molecule has 0 atom stereocenters. The number of benzene rings is 2. The highest BCUT2D eigenvalue weighted by Crippen LogP contribution is 2.20. The smallest absolute Gasteiger partial charge is 0.286 e. The van der Waals surface area contributed by atoms with Crippen molar-refractivity contribution in [1.82, 2.24) is 10.2 Å². The Balaban J connectivity index is 1.57. The molecule has 1 amide bonds. The summed E-state index contributed by atoms with van der Waals surface area (Å²) in [7, 11) is 0. The quantitative estimate of drug-likeness (QED) is 0.523. The lowest BCUT2D eigenvalue weighted by atomic mass is 10.3. The summed E-state index contributed by atoms with van der Waals surface area (Å²) in [4.78, 5) is 22.2. The summed E-state index contributed by atoms with van der Waals surface area (Å²) < 4.78 is 18.3. The van der Waals surface area contributed by atoms with Gasteiger partial charge < -0.3 is 10.1 Å². The van der Waals surface area contributed by atoms with Gasteiger partial charge >= 0.3 is 0 Å². The summed E-state index contributed by atoms with van der Waals surface area (Å²) in [5.74, 6) is -0.427. The molecule has 2 aromatic carbocycles. The largest absolute Gasteiger partial charge is 0.486 e. The van der Waals surface area contributed by atoms with E-state index in [2.05, 4.69) is 15.5 Å². The number of hydrogen-bond donors (Lipinski definition) is 1. The van der Waals surface area contributed by atoms with E-state index in [1.807, 2.05) is 0 Å². The van der Waals surface area contributed by atoms with Crippen LogP contribution in [0.15, 0.2) is 48.5 Å². The highest BCUT2D eigenvalue weighted by atomic mass is 32.1. The standard InChI is InChI=1S/C16H11FN4O4S/c17-10-1-3-11(4-2-10)18-15(22)16-20-19-14(26-16)9-25-13-7-5-12(6-8-13)21(23)24/h1-8H,9H2,(H,18,22). The van der Waals surface area contributed by atoms with Crippen molar-refractivity contribution in [2.75, 3.05) is 5.32 Å². The molecule has 10 heteroatoms. The molecule has 0 spiro atoms. The van der Waals surface area contributed by atoms with Crippen LogP contribution >= 0.6 is 11.3 Å². The number of rotatable bonds is 6. The van der Waals surface area contributed by atoms with Crippen LogP contribution in [0.3, 0.4) is 0 Å². The summed E-state index contributed by atoms with van der Waals surface area (Å²) in [5, 5.41) is 21.4. The van der Waals surface area contributed by atoms with E-state index in [0.29, 0.717) is 16.4 Å². The van der Waals surface area contributed by atoms with Crippen LogP contribution in [0.4, 0.5) is 15.8 Å². The highest BCUT2D eigenvalue weighted by molar-refractivity contribution is 7.13. The van der Waals surface area contributed by atoms with E-state index in [-0.39, 0.29) is 17.3 Å². The molecule has 26 heavy (non-hydrogen) atoms. The van der Waals surface area contributed by atoms with Crippen LogP contribution in [0.2, 0.25) is 0 Å². The van der Waals surface area contributed by atoms with Crippen LogP contribution in [0, 0.1) is 15.9 Å². The molecule has 1 aromatic heterocycles. The third-order valence-electron chi connectivity index (χ3n) is 3.17. The first-order valence-corrected chi connectivity index (χ1v) is 8.09. The lowest BCUT2D eigenvalue weighted by Gasteiger charge is -2.03. The second-order valence-electron chi connectivity index (χ2n) is 5.00. The van der Waals surface area contributed by atoms with Crippen molar-refractivity contribution in [2.45, 2.75) is 6.61 Å². The van der Waals surface area contributed by atoms with Gasteiger partial charge in [-0.2, -0.15) is 0 Å². The van der Waals surface area contributed by atoms with Gasteiger partial charge in [-0.15, -0.1) is 10.2 Å². The number of aromatic nitrogens is 2. The number of amides is 1. The second kappa shape index (κ2) is 7.66. The molecular formula is C16H11FN4O4S. The molecular weight excluding hydrogens is 363 g/mol. The number of non-ortho nitro benzene ring substituents is 1. The van der Waals surface area contributed by atoms with E-state index < -0.39 is 16.6 Å². The SMILES string of the molecule is O=C(Nc1ccc(F)cc1)c1nnc(COc2ccc([N+](=O)[O-])cc2)s1. The number of halogens is 1. The number of carbonyl (C=O) groups is 1. The van der Waals surface area contributed by atoms with E-state index in [1.165, 1.54) is 48.5 Å². The van der Waals surface area contributed by atoms with Gasteiger partial charge in [-0.25, -0.2) is 4.39 Å². The van der Waals surface area contributed by atoms with Gasteiger partial charge in [0, 0.05) is 17.8 Å².